The summed E-state index contributed by atoms with van der Waals surface area (Å²) >= 11 is 0. The van der Waals surface area contributed by atoms with Crippen molar-refractivity contribution in [2.75, 3.05) is 20.2 Å². The lowest BCUT2D eigenvalue weighted by Crippen LogP contribution is -2.36. The van der Waals surface area contributed by atoms with Gasteiger partial charge >= 0.3 is 0 Å². The van der Waals surface area contributed by atoms with Gasteiger partial charge in [0, 0.05) is 44.7 Å². The van der Waals surface area contributed by atoms with Crippen LogP contribution in [0.15, 0.2) is 37.1 Å². The van der Waals surface area contributed by atoms with E-state index in [1.807, 2.05) is 16.7 Å². The van der Waals surface area contributed by atoms with Crippen molar-refractivity contribution in [3.05, 3.63) is 48.4 Å². The molecular formula is C16H18N6O2. The Hall–Kier alpha value is -2.74. The smallest absolute Gasteiger partial charge is 0.255 e. The fourth-order valence-electron chi connectivity index (χ4n) is 3.15. The Morgan fingerprint density at radius 1 is 1.46 bits per heavy atom. The predicted octanol–water partition coefficient (Wildman–Crippen LogP) is 1.10. The summed E-state index contributed by atoms with van der Waals surface area (Å²) in [7, 11) is 1.79. The highest BCUT2D eigenvalue weighted by Gasteiger charge is 2.33. The predicted molar refractivity (Wildman–Crippen MR) is 85.6 cm³/mol. The molecule has 0 unspecified atom stereocenters. The maximum absolute atomic E-state index is 12.7. The highest BCUT2D eigenvalue weighted by atomic mass is 16.5. The Balaban J connectivity index is 1.48. The van der Waals surface area contributed by atoms with Crippen molar-refractivity contribution in [2.45, 2.75) is 18.4 Å². The molecule has 3 aromatic heterocycles. The average Bonchev–Trinajstić information content (AvgIpc) is 3.33. The largest absolute Gasteiger partial charge is 0.376 e. The number of H-pyrrole nitrogens is 1. The van der Waals surface area contributed by atoms with E-state index in [-0.39, 0.29) is 17.9 Å². The van der Waals surface area contributed by atoms with E-state index >= 15 is 0 Å². The van der Waals surface area contributed by atoms with Gasteiger partial charge in [-0.2, -0.15) is 5.10 Å². The highest BCUT2D eigenvalue weighted by Crippen LogP contribution is 2.29. The molecule has 0 aromatic carbocycles. The van der Waals surface area contributed by atoms with E-state index in [2.05, 4.69) is 20.2 Å². The number of likely N-dealkylation sites (N-methyl/N-ethyl adjacent to an activating group) is 1. The minimum atomic E-state index is -0.0797. The third-order valence-electron chi connectivity index (χ3n) is 4.43. The van der Waals surface area contributed by atoms with Crippen LogP contribution in [0.3, 0.4) is 0 Å². The molecule has 2 atom stereocenters. The molecule has 24 heavy (non-hydrogen) atoms. The number of imidazole rings is 1. The van der Waals surface area contributed by atoms with Crippen LogP contribution in [0, 0.1) is 0 Å². The summed E-state index contributed by atoms with van der Waals surface area (Å²) in [5.41, 5.74) is 1.44. The molecule has 1 saturated heterocycles. The second-order valence-corrected chi connectivity index (χ2v) is 5.97. The zero-order valence-electron chi connectivity index (χ0n) is 13.3. The minimum absolute atomic E-state index is 0.0441. The summed E-state index contributed by atoms with van der Waals surface area (Å²) in [5, 5.41) is 6.81. The second kappa shape index (κ2) is 6.04. The van der Waals surface area contributed by atoms with E-state index in [1.54, 1.807) is 30.4 Å². The zero-order valence-corrected chi connectivity index (χ0v) is 13.3. The van der Waals surface area contributed by atoms with Crippen molar-refractivity contribution < 1.29 is 9.53 Å². The number of aromatic amines is 1. The van der Waals surface area contributed by atoms with Gasteiger partial charge in [0.1, 0.15) is 17.8 Å². The van der Waals surface area contributed by atoms with Crippen LogP contribution < -0.4 is 0 Å². The number of aromatic nitrogens is 5. The molecule has 1 fully saturated rings. The topological polar surface area (TPSA) is 88.4 Å². The molecule has 0 radical (unpaired) electrons. The Morgan fingerprint density at radius 2 is 2.38 bits per heavy atom. The van der Waals surface area contributed by atoms with Crippen LogP contribution in [-0.4, -0.2) is 61.7 Å². The molecule has 4 rings (SSSR count). The van der Waals surface area contributed by atoms with Crippen LogP contribution in [0.1, 0.15) is 28.5 Å². The molecule has 124 valence electrons. The number of amides is 1. The molecule has 0 saturated carbocycles. The van der Waals surface area contributed by atoms with Crippen LogP contribution in [-0.2, 0) is 4.74 Å². The average molecular weight is 326 g/mol. The lowest BCUT2D eigenvalue weighted by Gasteiger charge is -2.24. The first-order valence-corrected chi connectivity index (χ1v) is 7.87. The van der Waals surface area contributed by atoms with Gasteiger partial charge in [0.2, 0.25) is 0 Å². The van der Waals surface area contributed by atoms with Crippen molar-refractivity contribution in [2.24, 2.45) is 0 Å². The summed E-state index contributed by atoms with van der Waals surface area (Å²) < 4.78 is 7.64. The first-order chi connectivity index (χ1) is 11.7. The number of nitrogens with one attached hydrogen (secondary N) is 1. The fourth-order valence-corrected chi connectivity index (χ4v) is 3.15. The van der Waals surface area contributed by atoms with Gasteiger partial charge < -0.3 is 14.0 Å². The van der Waals surface area contributed by atoms with Crippen LogP contribution >= 0.6 is 0 Å². The lowest BCUT2D eigenvalue weighted by molar-refractivity contribution is 0.0550. The van der Waals surface area contributed by atoms with Crippen molar-refractivity contribution >= 4 is 11.6 Å². The molecular weight excluding hydrogens is 308 g/mol. The van der Waals surface area contributed by atoms with Crippen molar-refractivity contribution in [3.63, 3.8) is 0 Å². The Kier molecular flexibility index (Phi) is 3.73. The molecule has 0 bridgehead atoms. The number of hydrogen-bond donors (Lipinski definition) is 1. The third kappa shape index (κ3) is 2.65. The van der Waals surface area contributed by atoms with Crippen LogP contribution in [0.25, 0.3) is 5.65 Å². The molecule has 3 aromatic rings. The van der Waals surface area contributed by atoms with Crippen LogP contribution in [0.2, 0.25) is 0 Å². The van der Waals surface area contributed by atoms with Gasteiger partial charge in [0.15, 0.2) is 0 Å². The molecule has 8 heteroatoms. The summed E-state index contributed by atoms with van der Waals surface area (Å²) in [5.74, 6) is 0.912. The Bertz CT molecular complexity index is 843. The monoisotopic (exact) mass is 326 g/mol. The number of hydrogen-bond acceptors (Lipinski definition) is 5. The first-order valence-electron chi connectivity index (χ1n) is 7.87. The summed E-state index contributed by atoms with van der Waals surface area (Å²) in [6.45, 7) is 1.17. The van der Waals surface area contributed by atoms with Gasteiger partial charge in [-0.05, 0) is 18.6 Å². The summed E-state index contributed by atoms with van der Waals surface area (Å²) in [4.78, 5) is 22.8. The zero-order chi connectivity index (χ0) is 16.5. The SMILES string of the molecule is CN(C[C@H]1OCC[C@H]1c1ncn[nH]1)C(=O)c1ccc2nccn2c1. The van der Waals surface area contributed by atoms with E-state index in [1.165, 1.54) is 6.33 Å². The molecule has 0 aliphatic carbocycles. The number of carbonyl (C=O) groups is 1. The van der Waals surface area contributed by atoms with Crippen LogP contribution in [0.5, 0.6) is 0 Å². The van der Waals surface area contributed by atoms with Gasteiger partial charge in [-0.3, -0.25) is 9.89 Å². The number of pyridine rings is 1. The quantitative estimate of drug-likeness (QED) is 0.775. The molecule has 1 aliphatic heterocycles. The second-order valence-electron chi connectivity index (χ2n) is 5.97. The molecule has 8 nitrogen and oxygen atoms in total. The van der Waals surface area contributed by atoms with Crippen LogP contribution in [0.4, 0.5) is 0 Å². The van der Waals surface area contributed by atoms with Gasteiger partial charge in [0.25, 0.3) is 5.91 Å². The number of ether oxygens (including phenoxy) is 1. The summed E-state index contributed by atoms with van der Waals surface area (Å²) in [6.07, 6.45) is 7.63. The standard InChI is InChI=1S/C16H18N6O2/c1-21(9-13-12(4-7-24-13)15-18-10-19-20-15)16(23)11-2-3-14-17-5-6-22(14)8-11/h2-3,5-6,8,10,12-13H,4,7,9H2,1H3,(H,18,19,20)/t12-,13-/m1/s1. The van der Waals surface area contributed by atoms with Crippen molar-refractivity contribution in [3.8, 4) is 0 Å². The number of nitrogens with zero attached hydrogens (tertiary/aromatic N) is 5. The molecule has 1 amide bonds. The van der Waals surface area contributed by atoms with Gasteiger partial charge in [-0.25, -0.2) is 9.97 Å². The molecule has 1 N–H and O–H groups in total. The minimum Gasteiger partial charge on any atom is -0.376 e. The normalized spacial score (nSPS) is 20.5. The van der Waals surface area contributed by atoms with Gasteiger partial charge in [-0.1, -0.05) is 0 Å². The van der Waals surface area contributed by atoms with E-state index in [0.717, 1.165) is 17.9 Å². The van der Waals surface area contributed by atoms with E-state index < -0.39 is 0 Å². The first kappa shape index (κ1) is 14.8. The number of fused-ring (bicyclic) bond motifs is 1. The maximum Gasteiger partial charge on any atom is 0.255 e. The highest BCUT2D eigenvalue weighted by molar-refractivity contribution is 5.94. The van der Waals surface area contributed by atoms with Gasteiger partial charge in [-0.15, -0.1) is 0 Å². The summed E-state index contributed by atoms with van der Waals surface area (Å²) in [6, 6.07) is 3.63. The van der Waals surface area contributed by atoms with Crippen molar-refractivity contribution in [1.29, 1.82) is 0 Å². The lowest BCUT2D eigenvalue weighted by atomic mass is 10.0. The molecule has 1 aliphatic rings. The van der Waals surface area contributed by atoms with E-state index in [0.29, 0.717) is 18.7 Å². The van der Waals surface area contributed by atoms with E-state index in [9.17, 15) is 4.79 Å². The third-order valence-corrected chi connectivity index (χ3v) is 4.43. The van der Waals surface area contributed by atoms with Gasteiger partial charge in [0.05, 0.1) is 11.7 Å². The fraction of sp³-hybridized carbons (Fsp3) is 0.375. The van der Waals surface area contributed by atoms with Crippen molar-refractivity contribution in [1.82, 2.24) is 29.5 Å². The maximum atomic E-state index is 12.7. The number of carbonyl (C=O) groups excluding carboxylic acids is 1. The Labute approximate surface area is 138 Å². The Morgan fingerprint density at radius 3 is 3.21 bits per heavy atom. The number of rotatable bonds is 4. The molecule has 0 spiro atoms. The van der Waals surface area contributed by atoms with E-state index in [4.69, 9.17) is 4.74 Å². The molecule has 4 heterocycles.